The molecule has 0 saturated carbocycles. The van der Waals surface area contributed by atoms with Crippen LogP contribution in [0.5, 0.6) is 0 Å². The lowest BCUT2D eigenvalue weighted by Gasteiger charge is -2.16. The van der Waals surface area contributed by atoms with Crippen LogP contribution in [0, 0.1) is 6.92 Å². The van der Waals surface area contributed by atoms with Gasteiger partial charge in [-0.2, -0.15) is 5.10 Å². The zero-order chi connectivity index (χ0) is 11.5. The Morgan fingerprint density at radius 3 is 2.67 bits per heavy atom. The van der Waals surface area contributed by atoms with Crippen LogP contribution in [0.4, 0.5) is 12.9 Å². The van der Waals surface area contributed by atoms with Crippen molar-refractivity contribution in [1.29, 1.82) is 0 Å². The van der Waals surface area contributed by atoms with Gasteiger partial charge in [0.1, 0.15) is 0 Å². The molecule has 0 saturated heterocycles. The van der Waals surface area contributed by atoms with Gasteiger partial charge in [0.2, 0.25) is 0 Å². The third kappa shape index (κ3) is 3.26. The Balaban J connectivity index is 2.78. The molecular weight excluding hydrogens is 208 g/mol. The molecule has 0 aromatic carbocycles. The molecule has 3 nitrogen and oxygen atoms in total. The largest absolute Gasteiger partial charge is 0.527 e. The minimum absolute atomic E-state index is 0.234. The standard InChI is InChI=1S/C8H13BF3N2O/c1-7-6-8(9(10,11)12)14(13-7)4-3-5-15-2/h6H,3-5H2,1-2H3/q-1. The molecule has 0 aliphatic rings. The van der Waals surface area contributed by atoms with Crippen molar-refractivity contribution in [3.63, 3.8) is 0 Å². The van der Waals surface area contributed by atoms with Crippen LogP contribution in [0.3, 0.4) is 0 Å². The van der Waals surface area contributed by atoms with Crippen LogP contribution in [-0.2, 0) is 11.3 Å². The van der Waals surface area contributed by atoms with Crippen molar-refractivity contribution in [1.82, 2.24) is 9.78 Å². The smallest absolute Gasteiger partial charge is 0.444 e. The van der Waals surface area contributed by atoms with Gasteiger partial charge in [-0.3, -0.25) is 4.68 Å². The number of aromatic nitrogens is 2. The molecule has 0 atom stereocenters. The van der Waals surface area contributed by atoms with E-state index in [9.17, 15) is 12.9 Å². The molecule has 0 radical (unpaired) electrons. The van der Waals surface area contributed by atoms with E-state index in [1.54, 1.807) is 6.92 Å². The highest BCUT2D eigenvalue weighted by molar-refractivity contribution is 6.72. The van der Waals surface area contributed by atoms with Crippen LogP contribution in [0.1, 0.15) is 12.1 Å². The minimum Gasteiger partial charge on any atom is -0.444 e. The van der Waals surface area contributed by atoms with E-state index < -0.39 is 12.6 Å². The van der Waals surface area contributed by atoms with Gasteiger partial charge in [-0.1, -0.05) is 0 Å². The van der Waals surface area contributed by atoms with E-state index in [0.29, 0.717) is 18.7 Å². The first-order valence-electron chi connectivity index (χ1n) is 4.68. The first kappa shape index (κ1) is 12.1. The fourth-order valence-corrected chi connectivity index (χ4v) is 1.37. The topological polar surface area (TPSA) is 27.1 Å². The Morgan fingerprint density at radius 2 is 2.13 bits per heavy atom. The summed E-state index contributed by atoms with van der Waals surface area (Å²) in [6.07, 6.45) is 0.525. The van der Waals surface area contributed by atoms with Gasteiger partial charge in [0.05, 0.1) is 5.69 Å². The van der Waals surface area contributed by atoms with E-state index in [-0.39, 0.29) is 6.54 Å². The van der Waals surface area contributed by atoms with Gasteiger partial charge in [0.25, 0.3) is 0 Å². The Hall–Kier alpha value is -0.975. The maximum atomic E-state index is 12.5. The second-order valence-corrected chi connectivity index (χ2v) is 3.35. The first-order chi connectivity index (χ1) is 6.95. The summed E-state index contributed by atoms with van der Waals surface area (Å²) in [4.78, 5) is 0. The summed E-state index contributed by atoms with van der Waals surface area (Å²) in [6.45, 7) is -2.76. The Morgan fingerprint density at radius 1 is 1.47 bits per heavy atom. The van der Waals surface area contributed by atoms with Gasteiger partial charge < -0.3 is 17.7 Å². The van der Waals surface area contributed by atoms with Crippen LogP contribution in [0.2, 0.25) is 0 Å². The molecule has 86 valence electrons. The first-order valence-corrected chi connectivity index (χ1v) is 4.68. The number of aryl methyl sites for hydroxylation is 2. The van der Waals surface area contributed by atoms with Crippen LogP contribution in [0.25, 0.3) is 0 Å². The monoisotopic (exact) mass is 221 g/mol. The molecule has 0 aliphatic carbocycles. The van der Waals surface area contributed by atoms with Crippen LogP contribution in [-0.4, -0.2) is 30.5 Å². The number of methoxy groups -OCH3 is 1. The molecule has 7 heteroatoms. The summed E-state index contributed by atoms with van der Waals surface area (Å²) in [5.41, 5.74) is -0.245. The minimum atomic E-state index is -4.98. The number of hydrogen-bond acceptors (Lipinski definition) is 2. The van der Waals surface area contributed by atoms with E-state index in [4.69, 9.17) is 4.74 Å². The van der Waals surface area contributed by atoms with Crippen molar-refractivity contribution < 1.29 is 17.7 Å². The molecule has 0 aliphatic heterocycles. The second kappa shape index (κ2) is 4.70. The second-order valence-electron chi connectivity index (χ2n) is 3.35. The lowest BCUT2D eigenvalue weighted by Crippen LogP contribution is -2.40. The van der Waals surface area contributed by atoms with Gasteiger partial charge in [0.15, 0.2) is 0 Å². The van der Waals surface area contributed by atoms with Crippen molar-refractivity contribution in [3.8, 4) is 0 Å². The Bertz CT molecular complexity index is 324. The summed E-state index contributed by atoms with van der Waals surface area (Å²) in [5.74, 6) is 0. The van der Waals surface area contributed by atoms with Gasteiger partial charge in [-0.15, -0.1) is 0 Å². The fourth-order valence-electron chi connectivity index (χ4n) is 1.37. The van der Waals surface area contributed by atoms with E-state index in [0.717, 1.165) is 10.7 Å². The summed E-state index contributed by atoms with van der Waals surface area (Å²) < 4.78 is 43.4. The molecule has 15 heavy (non-hydrogen) atoms. The number of halogens is 3. The third-order valence-corrected chi connectivity index (χ3v) is 1.99. The average Bonchev–Trinajstić information content (AvgIpc) is 2.47. The highest BCUT2D eigenvalue weighted by Crippen LogP contribution is 2.10. The van der Waals surface area contributed by atoms with Crippen molar-refractivity contribution in [2.24, 2.45) is 0 Å². The van der Waals surface area contributed by atoms with E-state index >= 15 is 0 Å². The van der Waals surface area contributed by atoms with Gasteiger partial charge >= 0.3 is 6.98 Å². The Labute approximate surface area is 86.3 Å². The molecule has 0 spiro atoms. The molecule has 1 heterocycles. The molecule has 0 bridgehead atoms. The number of ether oxygens (including phenoxy) is 1. The van der Waals surface area contributed by atoms with Crippen LogP contribution >= 0.6 is 0 Å². The van der Waals surface area contributed by atoms with E-state index in [1.807, 2.05) is 0 Å². The molecule has 1 rings (SSSR count). The number of rotatable bonds is 5. The quantitative estimate of drug-likeness (QED) is 0.553. The molecule has 0 amide bonds. The highest BCUT2D eigenvalue weighted by Gasteiger charge is 2.30. The molecule has 1 aromatic rings. The average molecular weight is 221 g/mol. The molecule has 0 fully saturated rings. The molecule has 0 unspecified atom stereocenters. The normalized spacial score (nSPS) is 12.1. The summed E-state index contributed by atoms with van der Waals surface area (Å²) in [5, 5.41) is 3.81. The van der Waals surface area contributed by atoms with Crippen molar-refractivity contribution in [2.75, 3.05) is 13.7 Å². The maximum absolute atomic E-state index is 12.5. The predicted molar refractivity (Wildman–Crippen MR) is 52.2 cm³/mol. The lowest BCUT2D eigenvalue weighted by atomic mass is 9.86. The van der Waals surface area contributed by atoms with Gasteiger partial charge in [0, 0.05) is 20.3 Å². The van der Waals surface area contributed by atoms with Crippen molar-refractivity contribution >= 4 is 12.6 Å². The summed E-state index contributed by atoms with van der Waals surface area (Å²) in [6, 6.07) is 1.08. The van der Waals surface area contributed by atoms with E-state index in [2.05, 4.69) is 5.10 Å². The fraction of sp³-hybridized carbons (Fsp3) is 0.625. The van der Waals surface area contributed by atoms with E-state index in [1.165, 1.54) is 7.11 Å². The van der Waals surface area contributed by atoms with Gasteiger partial charge in [-0.05, 0) is 25.0 Å². The molecular formula is C8H13BF3N2O-. The van der Waals surface area contributed by atoms with Crippen LogP contribution < -0.4 is 5.59 Å². The predicted octanol–water partition coefficient (Wildman–Crippen LogP) is 1.28. The highest BCUT2D eigenvalue weighted by atomic mass is 19.4. The lowest BCUT2D eigenvalue weighted by molar-refractivity contribution is 0.189. The molecule has 1 aromatic heterocycles. The maximum Gasteiger partial charge on any atom is 0.527 e. The third-order valence-electron chi connectivity index (χ3n) is 1.99. The number of nitrogens with zero attached hydrogens (tertiary/aromatic N) is 2. The van der Waals surface area contributed by atoms with Crippen molar-refractivity contribution in [2.45, 2.75) is 19.9 Å². The zero-order valence-electron chi connectivity index (χ0n) is 8.71. The van der Waals surface area contributed by atoms with Crippen LogP contribution in [0.15, 0.2) is 6.07 Å². The summed E-state index contributed by atoms with van der Waals surface area (Å²) in [7, 11) is 1.52. The van der Waals surface area contributed by atoms with Crippen molar-refractivity contribution in [3.05, 3.63) is 11.8 Å². The number of hydrogen-bond donors (Lipinski definition) is 0. The zero-order valence-corrected chi connectivity index (χ0v) is 8.71. The SMILES string of the molecule is COCCCn1nc(C)cc1[B-](F)(F)F. The summed E-state index contributed by atoms with van der Waals surface area (Å²) >= 11 is 0. The molecule has 0 N–H and O–H groups in total. The Kier molecular flexibility index (Phi) is 3.79. The van der Waals surface area contributed by atoms with Gasteiger partial charge in [-0.25, -0.2) is 0 Å².